The summed E-state index contributed by atoms with van der Waals surface area (Å²) in [6.45, 7) is 5.77. The zero-order chi connectivity index (χ0) is 15.4. The van der Waals surface area contributed by atoms with E-state index in [-0.39, 0.29) is 6.04 Å². The van der Waals surface area contributed by atoms with Crippen LogP contribution in [0.2, 0.25) is 0 Å². The Balaban J connectivity index is 2.41. The number of hydrogen-bond acceptors (Lipinski definition) is 3. The Labute approximate surface area is 121 Å². The molecule has 20 heavy (non-hydrogen) atoms. The molecule has 0 heterocycles. The molecular weight excluding hydrogens is 259 g/mol. The third kappa shape index (κ3) is 6.07. The maximum atomic E-state index is 14.5. The Morgan fingerprint density at radius 2 is 1.90 bits per heavy atom. The van der Waals surface area contributed by atoms with Crippen LogP contribution in [-0.4, -0.2) is 41.9 Å². The van der Waals surface area contributed by atoms with Crippen molar-refractivity contribution in [2.24, 2.45) is 5.73 Å². The smallest absolute Gasteiger partial charge is 0.410 e. The summed E-state index contributed by atoms with van der Waals surface area (Å²) in [6.07, 6.45) is 4.08. The minimum absolute atomic E-state index is 0.320. The first-order valence-corrected chi connectivity index (χ1v) is 7.50. The van der Waals surface area contributed by atoms with Gasteiger partial charge in [-0.1, -0.05) is 19.3 Å². The predicted molar refractivity (Wildman–Crippen MR) is 78.4 cm³/mol. The number of amides is 1. The van der Waals surface area contributed by atoms with Crippen molar-refractivity contribution >= 4 is 6.09 Å². The lowest BCUT2D eigenvalue weighted by Crippen LogP contribution is -2.44. The van der Waals surface area contributed by atoms with E-state index < -0.39 is 17.4 Å². The third-order valence-electron chi connectivity index (χ3n) is 3.59. The van der Waals surface area contributed by atoms with Crippen LogP contribution >= 0.6 is 0 Å². The highest BCUT2D eigenvalue weighted by atomic mass is 19.1. The van der Waals surface area contributed by atoms with Gasteiger partial charge in [0.15, 0.2) is 0 Å². The van der Waals surface area contributed by atoms with E-state index >= 15 is 0 Å². The van der Waals surface area contributed by atoms with Crippen molar-refractivity contribution < 1.29 is 13.9 Å². The number of nitrogens with zero attached hydrogens (tertiary/aromatic N) is 1. The quantitative estimate of drug-likeness (QED) is 0.864. The van der Waals surface area contributed by atoms with E-state index in [0.29, 0.717) is 25.8 Å². The predicted octanol–water partition coefficient (Wildman–Crippen LogP) is 3.24. The highest BCUT2D eigenvalue weighted by Gasteiger charge is 2.34. The molecule has 0 unspecified atom stereocenters. The minimum atomic E-state index is -1.15. The zero-order valence-corrected chi connectivity index (χ0v) is 13.2. The fraction of sp³-hybridized carbons (Fsp3) is 0.933. The van der Waals surface area contributed by atoms with E-state index in [1.54, 1.807) is 7.05 Å². The van der Waals surface area contributed by atoms with Crippen LogP contribution in [0.4, 0.5) is 9.18 Å². The third-order valence-corrected chi connectivity index (χ3v) is 3.59. The lowest BCUT2D eigenvalue weighted by Gasteiger charge is -2.33. The molecule has 5 heteroatoms. The maximum absolute atomic E-state index is 14.5. The van der Waals surface area contributed by atoms with E-state index in [9.17, 15) is 9.18 Å². The number of carbonyl (C=O) groups excluding carboxylic acids is 1. The molecule has 1 amide bonds. The molecule has 0 radical (unpaired) electrons. The van der Waals surface area contributed by atoms with Gasteiger partial charge in [0.1, 0.15) is 11.3 Å². The molecule has 1 aliphatic carbocycles. The molecule has 4 nitrogen and oxygen atoms in total. The van der Waals surface area contributed by atoms with Crippen molar-refractivity contribution in [2.75, 3.05) is 13.6 Å². The van der Waals surface area contributed by atoms with Gasteiger partial charge < -0.3 is 15.4 Å². The number of carbonyl (C=O) groups is 1. The van der Waals surface area contributed by atoms with Crippen LogP contribution < -0.4 is 5.73 Å². The second-order valence-corrected chi connectivity index (χ2v) is 7.04. The van der Waals surface area contributed by atoms with Gasteiger partial charge in [0, 0.05) is 19.6 Å². The summed E-state index contributed by atoms with van der Waals surface area (Å²) < 4.78 is 19.8. The largest absolute Gasteiger partial charge is 0.444 e. The average Bonchev–Trinajstić information content (AvgIpc) is 2.26. The van der Waals surface area contributed by atoms with Gasteiger partial charge >= 0.3 is 6.09 Å². The summed E-state index contributed by atoms with van der Waals surface area (Å²) >= 11 is 0. The molecule has 0 aliphatic heterocycles. The Kier molecular flexibility index (Phi) is 5.80. The molecule has 0 spiro atoms. The molecule has 2 N–H and O–H groups in total. The van der Waals surface area contributed by atoms with Gasteiger partial charge in [-0.05, 0) is 40.0 Å². The van der Waals surface area contributed by atoms with Crippen LogP contribution in [-0.2, 0) is 4.74 Å². The second-order valence-electron chi connectivity index (χ2n) is 7.04. The summed E-state index contributed by atoms with van der Waals surface area (Å²) in [5, 5.41) is 0. The number of hydrogen-bond donors (Lipinski definition) is 1. The van der Waals surface area contributed by atoms with Crippen molar-refractivity contribution in [3.05, 3.63) is 0 Å². The number of likely N-dealkylation sites (N-methyl/N-ethyl adjacent to an activating group) is 1. The van der Waals surface area contributed by atoms with Crippen molar-refractivity contribution in [2.45, 2.75) is 76.6 Å². The van der Waals surface area contributed by atoms with Gasteiger partial charge in [-0.25, -0.2) is 9.18 Å². The van der Waals surface area contributed by atoms with E-state index in [1.807, 2.05) is 20.8 Å². The van der Waals surface area contributed by atoms with E-state index in [4.69, 9.17) is 10.5 Å². The molecule has 0 bridgehead atoms. The second kappa shape index (κ2) is 6.74. The molecule has 1 rings (SSSR count). The van der Waals surface area contributed by atoms with Crippen molar-refractivity contribution in [1.29, 1.82) is 0 Å². The van der Waals surface area contributed by atoms with Crippen LogP contribution in [0, 0.1) is 0 Å². The van der Waals surface area contributed by atoms with Crippen LogP contribution in [0.25, 0.3) is 0 Å². The highest BCUT2D eigenvalue weighted by Crippen LogP contribution is 2.35. The first kappa shape index (κ1) is 17.2. The number of alkyl halides is 1. The standard InChI is InChI=1S/C15H29FN2O2/c1-14(2,3)20-13(19)18(4)11-12(17)10-15(16)8-6-5-7-9-15/h12H,5-11,17H2,1-4H3/t12-/m1/s1. The van der Waals surface area contributed by atoms with Gasteiger partial charge in [0.2, 0.25) is 0 Å². The van der Waals surface area contributed by atoms with Crippen LogP contribution in [0.5, 0.6) is 0 Å². The lowest BCUT2D eigenvalue weighted by molar-refractivity contribution is 0.0259. The number of rotatable bonds is 4. The van der Waals surface area contributed by atoms with Crippen molar-refractivity contribution in [1.82, 2.24) is 4.90 Å². The van der Waals surface area contributed by atoms with E-state index in [2.05, 4.69) is 0 Å². The molecule has 0 saturated heterocycles. The summed E-state index contributed by atoms with van der Waals surface area (Å²) in [5.74, 6) is 0. The van der Waals surface area contributed by atoms with Gasteiger partial charge in [0.05, 0.1) is 0 Å². The minimum Gasteiger partial charge on any atom is -0.444 e. The monoisotopic (exact) mass is 288 g/mol. The summed E-state index contributed by atoms with van der Waals surface area (Å²) in [6, 6.07) is -0.351. The molecule has 1 atom stereocenters. The summed E-state index contributed by atoms with van der Waals surface area (Å²) in [7, 11) is 1.64. The Morgan fingerprint density at radius 3 is 2.40 bits per heavy atom. The Hall–Kier alpha value is -0.840. The SMILES string of the molecule is CN(C[C@H](N)CC1(F)CCCCC1)C(=O)OC(C)(C)C. The van der Waals surface area contributed by atoms with Crippen molar-refractivity contribution in [3.8, 4) is 0 Å². The fourth-order valence-corrected chi connectivity index (χ4v) is 2.69. The van der Waals surface area contributed by atoms with Crippen LogP contribution in [0.3, 0.4) is 0 Å². The van der Waals surface area contributed by atoms with E-state index in [1.165, 1.54) is 4.90 Å². The Morgan fingerprint density at radius 1 is 1.35 bits per heavy atom. The number of halogens is 1. The average molecular weight is 288 g/mol. The number of ether oxygens (including phenoxy) is 1. The first-order chi connectivity index (χ1) is 9.11. The van der Waals surface area contributed by atoms with Crippen LogP contribution in [0.15, 0.2) is 0 Å². The van der Waals surface area contributed by atoms with Crippen LogP contribution in [0.1, 0.15) is 59.3 Å². The summed E-state index contributed by atoms with van der Waals surface area (Å²) in [5.41, 5.74) is 4.33. The van der Waals surface area contributed by atoms with Gasteiger partial charge in [-0.3, -0.25) is 0 Å². The molecule has 0 aromatic rings. The highest BCUT2D eigenvalue weighted by molar-refractivity contribution is 5.67. The number of nitrogens with two attached hydrogens (primary N) is 1. The molecule has 1 aliphatic rings. The van der Waals surface area contributed by atoms with Gasteiger partial charge in [-0.15, -0.1) is 0 Å². The molecule has 1 saturated carbocycles. The Bertz CT molecular complexity index is 322. The normalized spacial score (nSPS) is 20.3. The summed E-state index contributed by atoms with van der Waals surface area (Å²) in [4.78, 5) is 13.3. The molecule has 0 aromatic heterocycles. The van der Waals surface area contributed by atoms with Crippen molar-refractivity contribution in [3.63, 3.8) is 0 Å². The van der Waals surface area contributed by atoms with E-state index in [0.717, 1.165) is 19.3 Å². The van der Waals surface area contributed by atoms with Gasteiger partial charge in [0.25, 0.3) is 0 Å². The van der Waals surface area contributed by atoms with Gasteiger partial charge in [-0.2, -0.15) is 0 Å². The molecule has 1 fully saturated rings. The molecular formula is C15H29FN2O2. The topological polar surface area (TPSA) is 55.6 Å². The fourth-order valence-electron chi connectivity index (χ4n) is 2.69. The first-order valence-electron chi connectivity index (χ1n) is 7.50. The molecule has 118 valence electrons. The molecule has 0 aromatic carbocycles. The lowest BCUT2D eigenvalue weighted by atomic mass is 9.82. The maximum Gasteiger partial charge on any atom is 0.410 e. The zero-order valence-electron chi connectivity index (χ0n) is 13.2.